The Morgan fingerprint density at radius 2 is 1.96 bits per heavy atom. The number of hydrogen-bond donors (Lipinski definition) is 2. The lowest BCUT2D eigenvalue weighted by atomic mass is 10.1. The van der Waals surface area contributed by atoms with Crippen LogP contribution in [-0.2, 0) is 7.05 Å². The first kappa shape index (κ1) is 17.8. The average molecular weight is 354 g/mol. The van der Waals surface area contributed by atoms with Crippen LogP contribution in [0.3, 0.4) is 0 Å². The van der Waals surface area contributed by atoms with Crippen LogP contribution in [-0.4, -0.2) is 41.9 Å². The highest BCUT2D eigenvalue weighted by atomic mass is 16.5. The van der Waals surface area contributed by atoms with Gasteiger partial charge in [0.15, 0.2) is 0 Å². The molecule has 3 aromatic rings. The lowest BCUT2D eigenvalue weighted by Gasteiger charge is -2.14. The summed E-state index contributed by atoms with van der Waals surface area (Å²) in [6.07, 6.45) is 1.10. The average Bonchev–Trinajstić information content (AvgIpc) is 3.05. The van der Waals surface area contributed by atoms with Gasteiger partial charge < -0.3 is 24.5 Å². The van der Waals surface area contributed by atoms with Crippen LogP contribution in [0.15, 0.2) is 54.7 Å². The molecule has 3 rings (SSSR count). The van der Waals surface area contributed by atoms with Crippen molar-refractivity contribution in [1.82, 2.24) is 9.88 Å². The molecule has 26 heavy (non-hydrogen) atoms. The summed E-state index contributed by atoms with van der Waals surface area (Å²) in [4.78, 5) is 12.4. The monoisotopic (exact) mass is 354 g/mol. The van der Waals surface area contributed by atoms with Crippen LogP contribution in [0.25, 0.3) is 10.9 Å². The molecule has 1 amide bonds. The Balaban J connectivity index is 1.55. The Hall–Kier alpha value is -2.99. The maximum absolute atomic E-state index is 12.4. The summed E-state index contributed by atoms with van der Waals surface area (Å²) in [6, 6.07) is 14.6. The van der Waals surface area contributed by atoms with Gasteiger partial charge in [0.25, 0.3) is 5.91 Å². The number of nitrogens with zero attached hydrogens (tertiary/aromatic N) is 1. The molecule has 0 spiro atoms. The van der Waals surface area contributed by atoms with E-state index in [1.54, 1.807) is 25.3 Å². The minimum Gasteiger partial charge on any atom is -0.497 e. The molecular weight excluding hydrogens is 332 g/mol. The van der Waals surface area contributed by atoms with Crippen LogP contribution < -0.4 is 14.8 Å². The summed E-state index contributed by atoms with van der Waals surface area (Å²) in [5, 5.41) is 13.7. The van der Waals surface area contributed by atoms with Gasteiger partial charge >= 0.3 is 0 Å². The molecule has 0 unspecified atom stereocenters. The van der Waals surface area contributed by atoms with Gasteiger partial charge in [-0.2, -0.15) is 0 Å². The zero-order chi connectivity index (χ0) is 18.5. The standard InChI is InChI=1S/C20H22N2O4/c1-22-10-9-17-18(7-4-8-19(17)22)20(24)21-12-14(23)13-26-16-6-3-5-15(11-16)25-2/h3-11,14,23H,12-13H2,1-2H3,(H,21,24)/t14-/m0/s1. The van der Waals surface area contributed by atoms with Gasteiger partial charge in [-0.05, 0) is 30.3 Å². The molecule has 2 aromatic carbocycles. The van der Waals surface area contributed by atoms with Crippen LogP contribution in [0.5, 0.6) is 11.5 Å². The molecule has 6 heteroatoms. The van der Waals surface area contributed by atoms with Crippen molar-refractivity contribution in [3.63, 3.8) is 0 Å². The van der Waals surface area contributed by atoms with E-state index in [0.717, 1.165) is 10.9 Å². The van der Waals surface area contributed by atoms with Crippen molar-refractivity contribution in [2.24, 2.45) is 7.05 Å². The molecule has 0 bridgehead atoms. The first-order chi connectivity index (χ1) is 12.6. The number of fused-ring (bicyclic) bond motifs is 1. The molecular formula is C20H22N2O4. The molecule has 0 radical (unpaired) electrons. The van der Waals surface area contributed by atoms with E-state index in [1.165, 1.54) is 0 Å². The third-order valence-corrected chi connectivity index (χ3v) is 4.15. The van der Waals surface area contributed by atoms with Gasteiger partial charge in [0.1, 0.15) is 24.2 Å². The van der Waals surface area contributed by atoms with Crippen molar-refractivity contribution in [3.8, 4) is 11.5 Å². The number of hydrogen-bond acceptors (Lipinski definition) is 4. The van der Waals surface area contributed by atoms with E-state index in [0.29, 0.717) is 17.1 Å². The van der Waals surface area contributed by atoms with Crippen molar-refractivity contribution in [2.45, 2.75) is 6.10 Å². The lowest BCUT2D eigenvalue weighted by Crippen LogP contribution is -2.35. The summed E-state index contributed by atoms with van der Waals surface area (Å²) in [5.41, 5.74) is 1.57. The normalized spacial score (nSPS) is 12.0. The van der Waals surface area contributed by atoms with E-state index in [4.69, 9.17) is 9.47 Å². The van der Waals surface area contributed by atoms with Gasteiger partial charge in [0, 0.05) is 42.3 Å². The molecule has 2 N–H and O–H groups in total. The minimum atomic E-state index is -0.819. The summed E-state index contributed by atoms with van der Waals surface area (Å²) < 4.78 is 12.6. The van der Waals surface area contributed by atoms with Crippen molar-refractivity contribution in [2.75, 3.05) is 20.3 Å². The fraction of sp³-hybridized carbons (Fsp3) is 0.250. The largest absolute Gasteiger partial charge is 0.497 e. The number of benzene rings is 2. The van der Waals surface area contributed by atoms with Crippen molar-refractivity contribution < 1.29 is 19.4 Å². The predicted molar refractivity (Wildman–Crippen MR) is 99.7 cm³/mol. The van der Waals surface area contributed by atoms with E-state index >= 15 is 0 Å². The highest BCUT2D eigenvalue weighted by molar-refractivity contribution is 6.06. The smallest absolute Gasteiger partial charge is 0.252 e. The molecule has 6 nitrogen and oxygen atoms in total. The zero-order valence-electron chi connectivity index (χ0n) is 14.8. The number of carbonyl (C=O) groups excluding carboxylic acids is 1. The van der Waals surface area contributed by atoms with Gasteiger partial charge in [-0.15, -0.1) is 0 Å². The number of rotatable bonds is 7. The van der Waals surface area contributed by atoms with Crippen molar-refractivity contribution in [3.05, 3.63) is 60.3 Å². The number of methoxy groups -OCH3 is 1. The second-order valence-electron chi connectivity index (χ2n) is 6.02. The molecule has 1 heterocycles. The number of nitrogens with one attached hydrogen (secondary N) is 1. The van der Waals surface area contributed by atoms with Gasteiger partial charge in [-0.25, -0.2) is 0 Å². The molecule has 0 saturated carbocycles. The summed E-state index contributed by atoms with van der Waals surface area (Å²) in [6.45, 7) is 0.176. The van der Waals surface area contributed by atoms with Crippen LogP contribution in [0, 0.1) is 0 Å². The molecule has 0 aliphatic rings. The van der Waals surface area contributed by atoms with E-state index in [1.807, 2.05) is 48.1 Å². The number of amides is 1. The maximum Gasteiger partial charge on any atom is 0.252 e. The number of aryl methyl sites for hydroxylation is 1. The van der Waals surface area contributed by atoms with Gasteiger partial charge in [0.2, 0.25) is 0 Å². The lowest BCUT2D eigenvalue weighted by molar-refractivity contribution is 0.0845. The number of aliphatic hydroxyl groups excluding tert-OH is 1. The third kappa shape index (κ3) is 3.97. The van der Waals surface area contributed by atoms with Crippen LogP contribution >= 0.6 is 0 Å². The molecule has 0 saturated heterocycles. The van der Waals surface area contributed by atoms with E-state index in [9.17, 15) is 9.90 Å². The quantitative estimate of drug-likeness (QED) is 0.683. The number of aliphatic hydroxyl groups is 1. The Labute approximate surface area is 152 Å². The number of ether oxygens (including phenoxy) is 2. The van der Waals surface area contributed by atoms with Gasteiger partial charge in [0.05, 0.1) is 7.11 Å². The maximum atomic E-state index is 12.4. The Morgan fingerprint density at radius 3 is 2.77 bits per heavy atom. The Bertz CT molecular complexity index is 904. The fourth-order valence-electron chi connectivity index (χ4n) is 2.75. The van der Waals surface area contributed by atoms with Crippen LogP contribution in [0.2, 0.25) is 0 Å². The molecule has 136 valence electrons. The van der Waals surface area contributed by atoms with Crippen LogP contribution in [0.4, 0.5) is 0 Å². The van der Waals surface area contributed by atoms with Crippen LogP contribution in [0.1, 0.15) is 10.4 Å². The number of aromatic nitrogens is 1. The highest BCUT2D eigenvalue weighted by Crippen LogP contribution is 2.20. The first-order valence-electron chi connectivity index (χ1n) is 8.35. The number of carbonyl (C=O) groups is 1. The third-order valence-electron chi connectivity index (χ3n) is 4.15. The molecule has 1 aromatic heterocycles. The van der Waals surface area contributed by atoms with E-state index in [2.05, 4.69) is 5.32 Å². The summed E-state index contributed by atoms with van der Waals surface area (Å²) in [7, 11) is 3.51. The SMILES string of the molecule is COc1cccc(OC[C@@H](O)CNC(=O)c2cccc3c2ccn3C)c1. The topological polar surface area (TPSA) is 72.7 Å². The van der Waals surface area contributed by atoms with E-state index < -0.39 is 6.10 Å². The van der Waals surface area contributed by atoms with Crippen molar-refractivity contribution >= 4 is 16.8 Å². The minimum absolute atomic E-state index is 0.0724. The Morgan fingerprint density at radius 1 is 1.19 bits per heavy atom. The second-order valence-corrected chi connectivity index (χ2v) is 6.02. The molecule has 1 atom stereocenters. The van der Waals surface area contributed by atoms with Gasteiger partial charge in [-0.3, -0.25) is 4.79 Å². The highest BCUT2D eigenvalue weighted by Gasteiger charge is 2.13. The Kier molecular flexibility index (Phi) is 5.43. The predicted octanol–water partition coefficient (Wildman–Crippen LogP) is 2.36. The molecule has 0 fully saturated rings. The molecule has 0 aliphatic heterocycles. The first-order valence-corrected chi connectivity index (χ1v) is 8.35. The summed E-state index contributed by atoms with van der Waals surface area (Å²) in [5.74, 6) is 1.06. The summed E-state index contributed by atoms with van der Waals surface area (Å²) >= 11 is 0. The molecule has 0 aliphatic carbocycles. The second kappa shape index (κ2) is 7.93. The zero-order valence-corrected chi connectivity index (χ0v) is 14.8. The van der Waals surface area contributed by atoms with E-state index in [-0.39, 0.29) is 19.1 Å². The fourth-order valence-corrected chi connectivity index (χ4v) is 2.75. The van der Waals surface area contributed by atoms with Gasteiger partial charge in [-0.1, -0.05) is 12.1 Å². The van der Waals surface area contributed by atoms with Crippen molar-refractivity contribution in [1.29, 1.82) is 0 Å².